The number of carbonyl (C=O) groups is 1. The van der Waals surface area contributed by atoms with E-state index in [-0.39, 0.29) is 54.2 Å². The van der Waals surface area contributed by atoms with E-state index in [4.69, 9.17) is 4.74 Å². The molecule has 0 aliphatic carbocycles. The van der Waals surface area contributed by atoms with Crippen LogP contribution in [0.2, 0.25) is 0 Å². The van der Waals surface area contributed by atoms with Gasteiger partial charge in [-0.2, -0.15) is 31.4 Å². The molecule has 1 aliphatic rings. The van der Waals surface area contributed by atoms with Crippen molar-refractivity contribution in [1.29, 1.82) is 0 Å². The maximum Gasteiger partial charge on any atom is 0.433 e. The van der Waals surface area contributed by atoms with Crippen molar-refractivity contribution in [2.45, 2.75) is 25.3 Å². The number of hydrogen-bond acceptors (Lipinski definition) is 6. The Balaban J connectivity index is 1.43. The van der Waals surface area contributed by atoms with Crippen LogP contribution in [0.5, 0.6) is 5.75 Å². The molecule has 4 aromatic rings. The minimum absolute atomic E-state index is 0.0359. The lowest BCUT2D eigenvalue weighted by Gasteiger charge is -2.39. The van der Waals surface area contributed by atoms with E-state index in [0.29, 0.717) is 15.8 Å². The number of aliphatic hydroxyl groups is 1. The number of rotatable bonds is 6. The van der Waals surface area contributed by atoms with E-state index in [1.165, 1.54) is 31.1 Å². The first kappa shape index (κ1) is 30.3. The lowest BCUT2D eigenvalue weighted by Crippen LogP contribution is -2.50. The largest absolute Gasteiger partial charge is 0.497 e. The molecular formula is C29H27F6N5O3. The number of piperazine rings is 1. The van der Waals surface area contributed by atoms with Gasteiger partial charge in [0.05, 0.1) is 37.2 Å². The van der Waals surface area contributed by atoms with Gasteiger partial charge in [-0.15, -0.1) is 0 Å². The van der Waals surface area contributed by atoms with Gasteiger partial charge in [-0.3, -0.25) is 9.69 Å². The summed E-state index contributed by atoms with van der Waals surface area (Å²) < 4.78 is 88.2. The Morgan fingerprint density at radius 3 is 2.26 bits per heavy atom. The molecule has 1 N–H and O–H groups in total. The third-order valence-electron chi connectivity index (χ3n) is 7.56. The van der Waals surface area contributed by atoms with Crippen LogP contribution < -0.4 is 4.74 Å². The molecular weight excluding hydrogens is 580 g/mol. The van der Waals surface area contributed by atoms with Crippen LogP contribution in [-0.4, -0.2) is 75.3 Å². The topological polar surface area (TPSA) is 83.2 Å². The number of alkyl halides is 6. The molecule has 1 atom stereocenters. The molecule has 1 saturated heterocycles. The van der Waals surface area contributed by atoms with Gasteiger partial charge >= 0.3 is 12.4 Å². The molecule has 0 radical (unpaired) electrons. The van der Waals surface area contributed by atoms with Gasteiger partial charge in [0.1, 0.15) is 11.3 Å². The highest BCUT2D eigenvalue weighted by atomic mass is 19.4. The van der Waals surface area contributed by atoms with Crippen molar-refractivity contribution in [3.05, 3.63) is 82.7 Å². The molecule has 0 bridgehead atoms. The highest BCUT2D eigenvalue weighted by Gasteiger charge is 2.39. The van der Waals surface area contributed by atoms with Gasteiger partial charge in [-0.05, 0) is 48.9 Å². The summed E-state index contributed by atoms with van der Waals surface area (Å²) in [6.45, 7) is 1.51. The summed E-state index contributed by atoms with van der Waals surface area (Å²) in [6, 6.07) is 10.3. The average Bonchev–Trinajstić information content (AvgIpc) is 3.39. The van der Waals surface area contributed by atoms with Crippen LogP contribution in [0.15, 0.2) is 54.7 Å². The van der Waals surface area contributed by atoms with Gasteiger partial charge in [-0.1, -0.05) is 12.1 Å². The van der Waals surface area contributed by atoms with E-state index >= 15 is 0 Å². The van der Waals surface area contributed by atoms with Crippen molar-refractivity contribution in [1.82, 2.24) is 24.4 Å². The van der Waals surface area contributed by atoms with E-state index in [1.807, 2.05) is 0 Å². The number of benzene rings is 2. The zero-order valence-corrected chi connectivity index (χ0v) is 23.1. The Bertz CT molecular complexity index is 1630. The van der Waals surface area contributed by atoms with Crippen LogP contribution in [0.4, 0.5) is 26.3 Å². The molecule has 0 saturated carbocycles. The second kappa shape index (κ2) is 11.5. The Labute approximate surface area is 242 Å². The summed E-state index contributed by atoms with van der Waals surface area (Å²) in [7, 11) is 1.46. The SMILES string of the molecule is COc1ccc(-c2nc3c(C(=O)N4CCN([C@@H](CO)c5cccc(C(F)(F)F)c5)CC4)cnn3c(C(F)(F)F)c2C)cc1. The third-order valence-corrected chi connectivity index (χ3v) is 7.56. The number of hydrogen-bond donors (Lipinski definition) is 1. The molecule has 5 rings (SSSR count). The summed E-state index contributed by atoms with van der Waals surface area (Å²) in [6.07, 6.45) is -8.28. The summed E-state index contributed by atoms with van der Waals surface area (Å²) in [4.78, 5) is 21.2. The lowest BCUT2D eigenvalue weighted by molar-refractivity contribution is -0.143. The zero-order chi connectivity index (χ0) is 31.1. The number of carbonyl (C=O) groups excluding carboxylic acids is 1. The highest BCUT2D eigenvalue weighted by molar-refractivity contribution is 6.00. The molecule has 14 heteroatoms. The quantitative estimate of drug-likeness (QED) is 0.302. The average molecular weight is 608 g/mol. The molecule has 2 aromatic heterocycles. The van der Waals surface area contributed by atoms with Crippen molar-refractivity contribution < 1.29 is 41.0 Å². The third kappa shape index (κ3) is 5.89. The first-order valence-electron chi connectivity index (χ1n) is 13.2. The van der Waals surface area contributed by atoms with E-state index in [9.17, 15) is 36.2 Å². The molecule has 1 amide bonds. The molecule has 8 nitrogen and oxygen atoms in total. The van der Waals surface area contributed by atoms with Gasteiger partial charge in [0.15, 0.2) is 11.3 Å². The summed E-state index contributed by atoms with van der Waals surface area (Å²) in [5, 5.41) is 13.9. The second-order valence-corrected chi connectivity index (χ2v) is 10.1. The zero-order valence-electron chi connectivity index (χ0n) is 23.1. The fourth-order valence-corrected chi connectivity index (χ4v) is 5.35. The van der Waals surface area contributed by atoms with Gasteiger partial charge in [0.2, 0.25) is 0 Å². The number of methoxy groups -OCH3 is 1. The first-order valence-corrected chi connectivity index (χ1v) is 13.2. The van der Waals surface area contributed by atoms with Crippen molar-refractivity contribution in [3.8, 4) is 17.0 Å². The van der Waals surface area contributed by atoms with Crippen LogP contribution in [0.25, 0.3) is 16.9 Å². The number of halogens is 6. The van der Waals surface area contributed by atoms with Crippen LogP contribution in [-0.2, 0) is 12.4 Å². The fourth-order valence-electron chi connectivity index (χ4n) is 5.35. The van der Waals surface area contributed by atoms with Crippen molar-refractivity contribution in [2.24, 2.45) is 0 Å². The summed E-state index contributed by atoms with van der Waals surface area (Å²) in [5.41, 5.74) is -1.72. The second-order valence-electron chi connectivity index (χ2n) is 10.1. The Kier molecular flexibility index (Phi) is 8.09. The van der Waals surface area contributed by atoms with E-state index in [0.717, 1.165) is 18.3 Å². The van der Waals surface area contributed by atoms with Gasteiger partial charge < -0.3 is 14.7 Å². The first-order chi connectivity index (χ1) is 20.3. The molecule has 0 spiro atoms. The van der Waals surface area contributed by atoms with E-state index in [2.05, 4.69) is 10.1 Å². The minimum Gasteiger partial charge on any atom is -0.497 e. The van der Waals surface area contributed by atoms with Crippen LogP contribution in [0.3, 0.4) is 0 Å². The molecule has 3 heterocycles. The van der Waals surface area contributed by atoms with Crippen LogP contribution >= 0.6 is 0 Å². The van der Waals surface area contributed by atoms with Gasteiger partial charge in [-0.25, -0.2) is 9.50 Å². The molecule has 228 valence electrons. The van der Waals surface area contributed by atoms with Crippen molar-refractivity contribution in [2.75, 3.05) is 39.9 Å². The Morgan fingerprint density at radius 1 is 1.00 bits per heavy atom. The Morgan fingerprint density at radius 2 is 1.67 bits per heavy atom. The monoisotopic (exact) mass is 607 g/mol. The number of aliphatic hydroxyl groups excluding tert-OH is 1. The standard InChI is InChI=1S/C29H27F6N5O3/c1-17-24(18-6-8-21(43-2)9-7-18)37-26-22(15-36-40(26)25(17)29(33,34)35)27(42)39-12-10-38(11-13-39)23(16-41)19-4-3-5-20(14-19)28(30,31)32/h3-9,14-15,23,41H,10-13,16H2,1-2H3/t23-/m0/s1. The predicted molar refractivity (Wildman–Crippen MR) is 143 cm³/mol. The number of aromatic nitrogens is 3. The molecule has 1 aliphatic heterocycles. The number of fused-ring (bicyclic) bond motifs is 1. The fraction of sp³-hybridized carbons (Fsp3) is 0.345. The van der Waals surface area contributed by atoms with E-state index < -0.39 is 42.2 Å². The van der Waals surface area contributed by atoms with Gasteiger partial charge in [0.25, 0.3) is 5.91 Å². The van der Waals surface area contributed by atoms with E-state index in [1.54, 1.807) is 29.2 Å². The van der Waals surface area contributed by atoms with Crippen molar-refractivity contribution >= 4 is 11.6 Å². The number of nitrogens with zero attached hydrogens (tertiary/aromatic N) is 5. The smallest absolute Gasteiger partial charge is 0.433 e. The normalized spacial score (nSPS) is 15.6. The molecule has 43 heavy (non-hydrogen) atoms. The number of amides is 1. The van der Waals surface area contributed by atoms with Crippen LogP contribution in [0, 0.1) is 6.92 Å². The molecule has 1 fully saturated rings. The lowest BCUT2D eigenvalue weighted by atomic mass is 10.0. The van der Waals surface area contributed by atoms with Gasteiger partial charge in [0, 0.05) is 37.3 Å². The number of ether oxygens (including phenoxy) is 1. The molecule has 2 aromatic carbocycles. The predicted octanol–water partition coefficient (Wildman–Crippen LogP) is 5.24. The summed E-state index contributed by atoms with van der Waals surface area (Å²) in [5.74, 6) is -0.0752. The van der Waals surface area contributed by atoms with Crippen LogP contribution in [0.1, 0.15) is 38.8 Å². The minimum atomic E-state index is -4.80. The Hall–Kier alpha value is -4.17. The maximum absolute atomic E-state index is 14.2. The van der Waals surface area contributed by atoms with Crippen molar-refractivity contribution in [3.63, 3.8) is 0 Å². The summed E-state index contributed by atoms with van der Waals surface area (Å²) >= 11 is 0. The highest BCUT2D eigenvalue weighted by Crippen LogP contribution is 2.37. The molecule has 0 unspecified atom stereocenters. The maximum atomic E-state index is 14.2.